The van der Waals surface area contributed by atoms with Crippen LogP contribution in [0.5, 0.6) is 5.75 Å². The number of nitrogens with one attached hydrogen (secondary N) is 2. The summed E-state index contributed by atoms with van der Waals surface area (Å²) in [7, 11) is 3.90. The van der Waals surface area contributed by atoms with E-state index < -0.39 is 6.09 Å². The van der Waals surface area contributed by atoms with Crippen molar-refractivity contribution in [2.75, 3.05) is 63.6 Å². The minimum Gasteiger partial charge on any atom is -0.496 e. The lowest BCUT2D eigenvalue weighted by Crippen LogP contribution is -2.52. The first-order valence-electron chi connectivity index (χ1n) is 15.2. The van der Waals surface area contributed by atoms with E-state index in [0.717, 1.165) is 49.6 Å². The smallest absolute Gasteiger partial charge is 0.404 e. The first kappa shape index (κ1) is 28.2. The number of hydrogen-bond acceptors (Lipinski definition) is 9. The molecule has 3 aromatic rings. The number of anilines is 2. The lowest BCUT2D eigenvalue weighted by molar-refractivity contribution is 0.0854. The standard InChI is InChI=1S/C31H39ClN8O3/c1-38-11-13-40(14-12-38)20-7-9-39(10-8-20)21-5-6-22(24(16-21)42-2)29-36-27-26(23(32)17-34-30(27)37-29)35-25-18-3-4-19(15-18)28(25)43-31(33)41/h3-6,16-20,25,28H,7-15H2,1-2H3,(H2,33,41)(H2,34,35,36,37)/t18-,19+,25+,28-/m0/s1. The molecule has 0 radical (unpaired) electrons. The van der Waals surface area contributed by atoms with Gasteiger partial charge in [0.05, 0.1) is 35.6 Å². The Balaban J connectivity index is 1.11. The minimum absolute atomic E-state index is 0.126. The quantitative estimate of drug-likeness (QED) is 0.343. The number of carbonyl (C=O) groups is 1. The number of nitrogens with two attached hydrogens (primary N) is 1. The Bertz CT molecular complexity index is 1530. The van der Waals surface area contributed by atoms with Crippen molar-refractivity contribution in [1.82, 2.24) is 24.8 Å². The molecule has 2 aliphatic carbocycles. The normalized spacial score (nSPS) is 26.3. The van der Waals surface area contributed by atoms with Gasteiger partial charge in [0.25, 0.3) is 0 Å². The van der Waals surface area contributed by atoms with Crippen molar-refractivity contribution in [3.63, 3.8) is 0 Å². The van der Waals surface area contributed by atoms with E-state index in [9.17, 15) is 4.79 Å². The van der Waals surface area contributed by atoms with Gasteiger partial charge in [-0.05, 0) is 38.4 Å². The van der Waals surface area contributed by atoms with Gasteiger partial charge in [-0.1, -0.05) is 23.8 Å². The molecule has 43 heavy (non-hydrogen) atoms. The van der Waals surface area contributed by atoms with Crippen molar-refractivity contribution < 1.29 is 14.3 Å². The van der Waals surface area contributed by atoms with Crippen LogP contribution in [0.2, 0.25) is 5.02 Å². The van der Waals surface area contributed by atoms with E-state index >= 15 is 0 Å². The number of halogens is 1. The van der Waals surface area contributed by atoms with Crippen LogP contribution >= 0.6 is 11.6 Å². The molecule has 2 aromatic heterocycles. The molecule has 12 heteroatoms. The molecular weight excluding hydrogens is 568 g/mol. The largest absolute Gasteiger partial charge is 0.496 e. The number of piperidine rings is 1. The summed E-state index contributed by atoms with van der Waals surface area (Å²) >= 11 is 6.66. The number of amides is 1. The van der Waals surface area contributed by atoms with Crippen LogP contribution in [-0.2, 0) is 4.74 Å². The zero-order valence-corrected chi connectivity index (χ0v) is 25.4. The van der Waals surface area contributed by atoms with Crippen molar-refractivity contribution in [2.24, 2.45) is 17.6 Å². The number of aromatic nitrogens is 3. The topological polar surface area (TPSA) is 125 Å². The third kappa shape index (κ3) is 5.38. The zero-order chi connectivity index (χ0) is 29.7. The van der Waals surface area contributed by atoms with Crippen LogP contribution in [0.1, 0.15) is 19.3 Å². The van der Waals surface area contributed by atoms with Gasteiger partial charge < -0.3 is 35.3 Å². The van der Waals surface area contributed by atoms with Crippen molar-refractivity contribution in [3.05, 3.63) is 41.6 Å². The van der Waals surface area contributed by atoms with Crippen LogP contribution in [0.4, 0.5) is 16.2 Å². The van der Waals surface area contributed by atoms with Gasteiger partial charge in [0.15, 0.2) is 5.65 Å². The highest BCUT2D eigenvalue weighted by Crippen LogP contribution is 2.44. The second-order valence-electron chi connectivity index (χ2n) is 12.2. The molecule has 0 unspecified atom stereocenters. The number of fused-ring (bicyclic) bond motifs is 3. The molecule has 2 bridgehead atoms. The summed E-state index contributed by atoms with van der Waals surface area (Å²) in [4.78, 5) is 32.0. The monoisotopic (exact) mass is 606 g/mol. The Labute approximate surface area is 256 Å². The number of ether oxygens (including phenoxy) is 2. The molecule has 11 nitrogen and oxygen atoms in total. The Morgan fingerprint density at radius 2 is 1.88 bits per heavy atom. The highest BCUT2D eigenvalue weighted by atomic mass is 35.5. The maximum Gasteiger partial charge on any atom is 0.404 e. The first-order valence-corrected chi connectivity index (χ1v) is 15.6. The minimum atomic E-state index is -0.777. The van der Waals surface area contributed by atoms with Crippen LogP contribution in [0.25, 0.3) is 22.6 Å². The number of benzene rings is 1. The van der Waals surface area contributed by atoms with Gasteiger partial charge in [0.1, 0.15) is 23.2 Å². The average molecular weight is 607 g/mol. The molecule has 1 aromatic carbocycles. The van der Waals surface area contributed by atoms with Crippen LogP contribution in [0, 0.1) is 11.8 Å². The number of imidazole rings is 1. The van der Waals surface area contributed by atoms with Crippen molar-refractivity contribution in [1.29, 1.82) is 0 Å². The van der Waals surface area contributed by atoms with E-state index in [0.29, 0.717) is 33.7 Å². The molecule has 4 atom stereocenters. The molecule has 228 valence electrons. The Morgan fingerprint density at radius 1 is 1.12 bits per heavy atom. The van der Waals surface area contributed by atoms with E-state index in [2.05, 4.69) is 67.4 Å². The fraction of sp³-hybridized carbons (Fsp3) is 0.516. The van der Waals surface area contributed by atoms with Crippen molar-refractivity contribution in [3.8, 4) is 17.1 Å². The second-order valence-corrected chi connectivity index (χ2v) is 12.6. The first-order chi connectivity index (χ1) is 20.9. The zero-order valence-electron chi connectivity index (χ0n) is 24.6. The highest BCUT2D eigenvalue weighted by molar-refractivity contribution is 6.34. The molecule has 2 aliphatic heterocycles. The number of methoxy groups -OCH3 is 1. The summed E-state index contributed by atoms with van der Waals surface area (Å²) in [5, 5.41) is 3.97. The highest BCUT2D eigenvalue weighted by Gasteiger charge is 2.47. The van der Waals surface area contributed by atoms with Gasteiger partial charge in [-0.2, -0.15) is 0 Å². The number of hydrogen-bond donors (Lipinski definition) is 3. The lowest BCUT2D eigenvalue weighted by Gasteiger charge is -2.42. The summed E-state index contributed by atoms with van der Waals surface area (Å²) in [6.45, 7) is 6.70. The van der Waals surface area contributed by atoms with Gasteiger partial charge in [-0.15, -0.1) is 0 Å². The molecular formula is C31H39ClN8O3. The summed E-state index contributed by atoms with van der Waals surface area (Å²) < 4.78 is 11.4. The number of H-pyrrole nitrogens is 1. The number of nitrogens with zero attached hydrogens (tertiary/aromatic N) is 5. The van der Waals surface area contributed by atoms with Gasteiger partial charge in [-0.25, -0.2) is 14.8 Å². The van der Waals surface area contributed by atoms with E-state index in [1.807, 2.05) is 0 Å². The molecule has 2 saturated heterocycles. The van der Waals surface area contributed by atoms with E-state index in [1.54, 1.807) is 13.3 Å². The Kier molecular flexibility index (Phi) is 7.56. The van der Waals surface area contributed by atoms with Crippen LogP contribution < -0.4 is 20.7 Å². The van der Waals surface area contributed by atoms with Gasteiger partial charge >= 0.3 is 6.09 Å². The molecule has 4 N–H and O–H groups in total. The lowest BCUT2D eigenvalue weighted by atomic mass is 9.98. The predicted octanol–water partition coefficient (Wildman–Crippen LogP) is 3.95. The summed E-state index contributed by atoms with van der Waals surface area (Å²) in [6.07, 6.45) is 7.94. The maximum atomic E-state index is 11.6. The van der Waals surface area contributed by atoms with Gasteiger partial charge in [0, 0.05) is 68.9 Å². The van der Waals surface area contributed by atoms with Crippen LogP contribution in [0.15, 0.2) is 36.5 Å². The Hall–Kier alpha value is -3.54. The summed E-state index contributed by atoms with van der Waals surface area (Å²) in [5.41, 5.74) is 9.26. The van der Waals surface area contributed by atoms with Crippen molar-refractivity contribution in [2.45, 2.75) is 37.5 Å². The number of piperazine rings is 1. The van der Waals surface area contributed by atoms with E-state index in [1.165, 1.54) is 25.9 Å². The second kappa shape index (κ2) is 11.5. The number of rotatable bonds is 7. The van der Waals surface area contributed by atoms with Gasteiger partial charge in [0.2, 0.25) is 0 Å². The number of likely N-dealkylation sites (N-methyl/N-ethyl adjacent to an activating group) is 1. The third-order valence-corrected chi connectivity index (χ3v) is 10.0. The number of carbonyl (C=O) groups excluding carboxylic acids is 1. The molecule has 4 heterocycles. The number of primary amides is 1. The number of pyridine rings is 1. The van der Waals surface area contributed by atoms with E-state index in [4.69, 9.17) is 31.8 Å². The third-order valence-electron chi connectivity index (χ3n) is 9.74. The molecule has 3 fully saturated rings. The molecule has 4 aliphatic rings. The molecule has 1 amide bonds. The SMILES string of the molecule is COc1cc(N2CCC(N3CCN(C)CC3)CC2)ccc1-c1nc2c(N[C@H]3[C@@H](OC(N)=O)[C@@H]4C=C[C@H]3C4)c(Cl)cnc2[nH]1. The molecule has 1 saturated carbocycles. The molecule has 7 rings (SSSR count). The maximum absolute atomic E-state index is 11.6. The number of aromatic amines is 1. The Morgan fingerprint density at radius 3 is 2.63 bits per heavy atom. The fourth-order valence-corrected chi connectivity index (χ4v) is 7.56. The predicted molar refractivity (Wildman–Crippen MR) is 168 cm³/mol. The fourth-order valence-electron chi connectivity index (χ4n) is 7.37. The average Bonchev–Trinajstić information content (AvgIpc) is 3.75. The van der Waals surface area contributed by atoms with Crippen LogP contribution in [-0.4, -0.2) is 102 Å². The van der Waals surface area contributed by atoms with Crippen LogP contribution in [0.3, 0.4) is 0 Å². The summed E-state index contributed by atoms with van der Waals surface area (Å²) in [6, 6.07) is 6.81. The van der Waals surface area contributed by atoms with Crippen molar-refractivity contribution >= 4 is 40.2 Å². The van der Waals surface area contributed by atoms with E-state index in [-0.39, 0.29) is 24.0 Å². The molecule has 0 spiro atoms. The summed E-state index contributed by atoms with van der Waals surface area (Å²) in [5.74, 6) is 1.71. The van der Waals surface area contributed by atoms with Gasteiger partial charge in [-0.3, -0.25) is 4.90 Å².